The van der Waals surface area contributed by atoms with Crippen LogP contribution in [0.4, 0.5) is 5.82 Å². The molecule has 6 nitrogen and oxygen atoms in total. The second kappa shape index (κ2) is 5.27. The van der Waals surface area contributed by atoms with Crippen LogP contribution in [0.2, 0.25) is 5.02 Å². The van der Waals surface area contributed by atoms with E-state index in [0.29, 0.717) is 33.5 Å². The number of hydrogen-bond donors (Lipinski definition) is 2. The summed E-state index contributed by atoms with van der Waals surface area (Å²) in [6.45, 7) is 0.517. The molecule has 1 aromatic carbocycles. The Kier molecular flexibility index (Phi) is 3.44. The predicted molar refractivity (Wildman–Crippen MR) is 86.2 cm³/mol. The van der Waals surface area contributed by atoms with E-state index in [0.717, 1.165) is 11.1 Å². The van der Waals surface area contributed by atoms with Crippen molar-refractivity contribution in [2.75, 3.05) is 5.73 Å². The van der Waals surface area contributed by atoms with Crippen molar-refractivity contribution in [2.45, 2.75) is 6.54 Å². The molecule has 21 heavy (non-hydrogen) atoms. The van der Waals surface area contributed by atoms with Gasteiger partial charge in [-0.05, 0) is 11.6 Å². The first-order chi connectivity index (χ1) is 10.1. The normalized spacial score (nSPS) is 10.9. The largest absolute Gasteiger partial charge is 0.389 e. The molecule has 0 spiro atoms. The van der Waals surface area contributed by atoms with Crippen LogP contribution in [0.1, 0.15) is 11.1 Å². The van der Waals surface area contributed by atoms with E-state index in [1.54, 1.807) is 12.4 Å². The van der Waals surface area contributed by atoms with Gasteiger partial charge in [-0.3, -0.25) is 0 Å². The molecule has 0 fully saturated rings. The summed E-state index contributed by atoms with van der Waals surface area (Å²) in [6.07, 6.45) is 3.07. The van der Waals surface area contributed by atoms with Crippen LogP contribution in [0.5, 0.6) is 0 Å². The Morgan fingerprint density at radius 1 is 1.29 bits per heavy atom. The third kappa shape index (κ3) is 2.53. The van der Waals surface area contributed by atoms with E-state index in [1.807, 2.05) is 16.7 Å². The lowest BCUT2D eigenvalue weighted by atomic mass is 10.1. The highest BCUT2D eigenvalue weighted by atomic mass is 35.5. The van der Waals surface area contributed by atoms with E-state index >= 15 is 0 Å². The second-order valence-electron chi connectivity index (χ2n) is 4.47. The van der Waals surface area contributed by atoms with Crippen molar-refractivity contribution in [2.24, 2.45) is 5.73 Å². The van der Waals surface area contributed by atoms with Crippen LogP contribution >= 0.6 is 23.8 Å². The molecule has 3 aromatic rings. The maximum Gasteiger partial charge on any atom is 0.165 e. The van der Waals surface area contributed by atoms with Gasteiger partial charge in [0, 0.05) is 10.6 Å². The molecule has 3 rings (SSSR count). The van der Waals surface area contributed by atoms with Gasteiger partial charge in [-0.1, -0.05) is 36.0 Å². The van der Waals surface area contributed by atoms with E-state index in [2.05, 4.69) is 15.0 Å². The van der Waals surface area contributed by atoms with E-state index in [9.17, 15) is 0 Å². The highest BCUT2D eigenvalue weighted by Gasteiger charge is 2.10. The van der Waals surface area contributed by atoms with Crippen LogP contribution in [0.25, 0.3) is 11.2 Å². The summed E-state index contributed by atoms with van der Waals surface area (Å²) in [7, 11) is 0. The zero-order valence-electron chi connectivity index (χ0n) is 10.8. The summed E-state index contributed by atoms with van der Waals surface area (Å²) in [5, 5.41) is 0.587. The van der Waals surface area contributed by atoms with Crippen LogP contribution < -0.4 is 11.5 Å². The average molecular weight is 319 g/mol. The lowest BCUT2D eigenvalue weighted by Crippen LogP contribution is -2.09. The van der Waals surface area contributed by atoms with Crippen molar-refractivity contribution in [3.63, 3.8) is 0 Å². The molecule has 8 heteroatoms. The van der Waals surface area contributed by atoms with Gasteiger partial charge in [0.2, 0.25) is 0 Å². The number of rotatable bonds is 3. The van der Waals surface area contributed by atoms with Gasteiger partial charge in [-0.15, -0.1) is 0 Å². The molecule has 0 aliphatic heterocycles. The summed E-state index contributed by atoms with van der Waals surface area (Å²) in [5.74, 6) is 0.355. The third-order valence-electron chi connectivity index (χ3n) is 3.11. The minimum atomic E-state index is 0.317. The molecular weight excluding hydrogens is 308 g/mol. The van der Waals surface area contributed by atoms with Gasteiger partial charge in [0.1, 0.15) is 16.8 Å². The Balaban J connectivity index is 1.99. The number of imidazole rings is 1. The van der Waals surface area contributed by atoms with Crippen molar-refractivity contribution >= 4 is 45.8 Å². The zero-order valence-corrected chi connectivity index (χ0v) is 12.4. The number of anilines is 1. The number of hydrogen-bond acceptors (Lipinski definition) is 5. The fraction of sp³-hybridized carbons (Fsp3) is 0.0769. The van der Waals surface area contributed by atoms with Crippen LogP contribution in [0.15, 0.2) is 30.9 Å². The van der Waals surface area contributed by atoms with E-state index in [4.69, 9.17) is 35.3 Å². The Hall–Kier alpha value is -2.25. The van der Waals surface area contributed by atoms with Gasteiger partial charge in [0.15, 0.2) is 11.5 Å². The molecule has 0 atom stereocenters. The van der Waals surface area contributed by atoms with E-state index < -0.39 is 0 Å². The van der Waals surface area contributed by atoms with Crippen molar-refractivity contribution in [1.82, 2.24) is 19.5 Å². The number of nitrogens with two attached hydrogens (primary N) is 2. The van der Waals surface area contributed by atoms with Crippen LogP contribution in [0, 0.1) is 0 Å². The van der Waals surface area contributed by atoms with Gasteiger partial charge in [0.05, 0.1) is 12.9 Å². The van der Waals surface area contributed by atoms with Crippen molar-refractivity contribution in [3.05, 3.63) is 47.0 Å². The van der Waals surface area contributed by atoms with Crippen LogP contribution in [-0.2, 0) is 6.54 Å². The maximum absolute atomic E-state index is 6.27. The number of halogens is 1. The number of nitrogen functional groups attached to an aromatic ring is 1. The number of fused-ring (bicyclic) bond motifs is 1. The molecule has 0 saturated carbocycles. The molecule has 0 unspecified atom stereocenters. The van der Waals surface area contributed by atoms with Crippen molar-refractivity contribution in [3.8, 4) is 0 Å². The number of benzene rings is 1. The molecule has 0 amide bonds. The predicted octanol–water partition coefficient (Wildman–Crippen LogP) is 1.74. The molecule has 106 valence electrons. The maximum atomic E-state index is 6.27. The minimum absolute atomic E-state index is 0.317. The third-order valence-corrected chi connectivity index (χ3v) is 3.70. The van der Waals surface area contributed by atoms with Crippen molar-refractivity contribution < 1.29 is 0 Å². The Bertz CT molecular complexity index is 844. The highest BCUT2D eigenvalue weighted by Crippen LogP contribution is 2.21. The lowest BCUT2D eigenvalue weighted by molar-refractivity contribution is 0.813. The van der Waals surface area contributed by atoms with Crippen LogP contribution in [0.3, 0.4) is 0 Å². The standard InChI is InChI=1S/C13H11ClN6S/c14-9-3-7(12(16)21)1-2-8(9)4-20-6-19-10-11(15)17-5-18-13(10)20/h1-3,5-6H,4H2,(H2,16,21)(H2,15,17,18). The molecule has 0 saturated heterocycles. The first-order valence-electron chi connectivity index (χ1n) is 6.06. The summed E-state index contributed by atoms with van der Waals surface area (Å²) in [6, 6.07) is 5.47. The summed E-state index contributed by atoms with van der Waals surface area (Å²) in [4.78, 5) is 12.6. The zero-order chi connectivity index (χ0) is 15.0. The first kappa shape index (κ1) is 13.7. The van der Waals surface area contributed by atoms with Gasteiger partial charge in [0.25, 0.3) is 0 Å². The molecule has 0 aliphatic rings. The van der Waals surface area contributed by atoms with Crippen molar-refractivity contribution in [1.29, 1.82) is 0 Å². The fourth-order valence-corrected chi connectivity index (χ4v) is 2.39. The van der Waals surface area contributed by atoms with Gasteiger partial charge >= 0.3 is 0 Å². The topological polar surface area (TPSA) is 95.6 Å². The smallest absolute Gasteiger partial charge is 0.165 e. The molecule has 0 radical (unpaired) electrons. The minimum Gasteiger partial charge on any atom is -0.389 e. The van der Waals surface area contributed by atoms with Crippen LogP contribution in [-0.4, -0.2) is 24.5 Å². The number of thiocarbonyl (C=S) groups is 1. The molecule has 0 aliphatic carbocycles. The Labute approximate surface area is 130 Å². The molecule has 4 N–H and O–H groups in total. The summed E-state index contributed by atoms with van der Waals surface area (Å²) in [5.41, 5.74) is 14.2. The molecule has 0 bridgehead atoms. The SMILES string of the molecule is NC(=S)c1ccc(Cn2cnc3c(N)ncnc32)c(Cl)c1. The molecule has 2 aromatic heterocycles. The van der Waals surface area contributed by atoms with Gasteiger partial charge < -0.3 is 16.0 Å². The lowest BCUT2D eigenvalue weighted by Gasteiger charge is -2.08. The average Bonchev–Trinajstić information content (AvgIpc) is 2.85. The molecular formula is C13H11ClN6S. The number of nitrogens with zero attached hydrogens (tertiary/aromatic N) is 4. The van der Waals surface area contributed by atoms with E-state index in [-0.39, 0.29) is 0 Å². The van der Waals surface area contributed by atoms with Gasteiger partial charge in [-0.2, -0.15) is 0 Å². The molecule has 2 heterocycles. The Morgan fingerprint density at radius 3 is 2.81 bits per heavy atom. The highest BCUT2D eigenvalue weighted by molar-refractivity contribution is 7.80. The monoisotopic (exact) mass is 318 g/mol. The first-order valence-corrected chi connectivity index (χ1v) is 6.84. The number of aromatic nitrogens is 4. The second-order valence-corrected chi connectivity index (χ2v) is 5.32. The quantitative estimate of drug-likeness (QED) is 0.714. The summed E-state index contributed by atoms with van der Waals surface area (Å²) >= 11 is 11.2. The van der Waals surface area contributed by atoms with Gasteiger partial charge in [-0.25, -0.2) is 15.0 Å². The fourth-order valence-electron chi connectivity index (χ4n) is 2.03. The van der Waals surface area contributed by atoms with E-state index in [1.165, 1.54) is 6.33 Å². The Morgan fingerprint density at radius 2 is 2.10 bits per heavy atom. The summed E-state index contributed by atoms with van der Waals surface area (Å²) < 4.78 is 1.86.